The van der Waals surface area contributed by atoms with Crippen molar-refractivity contribution in [2.45, 2.75) is 105 Å². The molecule has 2 aromatic carbocycles. The Hall–Kier alpha value is -2.86. The number of hydrazine groups is 1. The van der Waals surface area contributed by atoms with Gasteiger partial charge in [0.05, 0.1) is 0 Å². The molecule has 6 nitrogen and oxygen atoms in total. The number of carbonyl (C=O) groups excluding carboxylic acids is 2. The van der Waals surface area contributed by atoms with Crippen LogP contribution in [-0.2, 0) is 21.7 Å². The summed E-state index contributed by atoms with van der Waals surface area (Å²) in [5.74, 6) is 5.10. The second-order valence-electron chi connectivity index (χ2n) is 13.8. The maximum absolute atomic E-state index is 13.5. The summed E-state index contributed by atoms with van der Waals surface area (Å²) < 4.78 is 0. The Labute approximate surface area is 216 Å². The maximum Gasteiger partial charge on any atom is 0.275 e. The SMILES string of the molecule is CC(C)(C)c1cc(C(=O)N(N)C(=O)c2cc(C(C)(C)C)c(O)c(C(C)(C)C)c2)cc(C(C)(C)C)c1O. The molecule has 0 radical (unpaired) electrons. The second kappa shape index (κ2) is 9.22. The van der Waals surface area contributed by atoms with Crippen LogP contribution in [0.15, 0.2) is 24.3 Å². The molecule has 198 valence electrons. The number of nitrogens with zero attached hydrogens (tertiary/aromatic N) is 1. The van der Waals surface area contributed by atoms with Crippen LogP contribution in [0.5, 0.6) is 11.5 Å². The average Bonchev–Trinajstić information content (AvgIpc) is 2.69. The number of phenols is 2. The van der Waals surface area contributed by atoms with Gasteiger partial charge in [0.25, 0.3) is 11.8 Å². The van der Waals surface area contributed by atoms with E-state index in [-0.39, 0.29) is 22.6 Å². The molecular weight excluding hydrogens is 452 g/mol. The van der Waals surface area contributed by atoms with Gasteiger partial charge in [-0.3, -0.25) is 9.59 Å². The monoisotopic (exact) mass is 496 g/mol. The highest BCUT2D eigenvalue weighted by molar-refractivity contribution is 6.10. The van der Waals surface area contributed by atoms with Crippen molar-refractivity contribution >= 4 is 11.8 Å². The van der Waals surface area contributed by atoms with Crippen molar-refractivity contribution in [3.8, 4) is 11.5 Å². The number of phenolic OH excluding ortho intramolecular Hbond substituents is 2. The summed E-state index contributed by atoms with van der Waals surface area (Å²) in [5.41, 5.74) is 1.11. The molecule has 2 rings (SSSR count). The Bertz CT molecular complexity index is 1020. The largest absolute Gasteiger partial charge is 0.507 e. The van der Waals surface area contributed by atoms with E-state index in [1.165, 1.54) is 0 Å². The van der Waals surface area contributed by atoms with Crippen LogP contribution >= 0.6 is 0 Å². The van der Waals surface area contributed by atoms with Crippen LogP contribution in [0.3, 0.4) is 0 Å². The van der Waals surface area contributed by atoms with Gasteiger partial charge in [-0.25, -0.2) is 10.9 Å². The van der Waals surface area contributed by atoms with E-state index < -0.39 is 33.5 Å². The molecule has 0 aliphatic rings. The predicted octanol–water partition coefficient (Wildman–Crippen LogP) is 6.44. The molecule has 0 atom stereocenters. The van der Waals surface area contributed by atoms with Crippen molar-refractivity contribution < 1.29 is 19.8 Å². The standard InChI is InChI=1S/C30H44N2O4/c1-27(2,3)19-13-17(14-20(23(19)33)28(4,5)6)25(35)32(31)26(36)18-15-21(29(7,8)9)24(34)22(16-18)30(10,11)12/h13-16,33-34H,31H2,1-12H3. The fraction of sp³-hybridized carbons (Fsp3) is 0.533. The van der Waals surface area contributed by atoms with Gasteiger partial charge in [-0.1, -0.05) is 83.1 Å². The van der Waals surface area contributed by atoms with Crippen molar-refractivity contribution in [2.75, 3.05) is 0 Å². The van der Waals surface area contributed by atoms with E-state index in [1.807, 2.05) is 83.1 Å². The Kier molecular flexibility index (Phi) is 7.52. The molecule has 0 spiro atoms. The normalized spacial score (nSPS) is 13.0. The van der Waals surface area contributed by atoms with Gasteiger partial charge < -0.3 is 10.2 Å². The number of carbonyl (C=O) groups is 2. The molecule has 0 aromatic heterocycles. The van der Waals surface area contributed by atoms with Crippen LogP contribution in [0.1, 0.15) is 126 Å². The van der Waals surface area contributed by atoms with E-state index in [9.17, 15) is 19.8 Å². The highest BCUT2D eigenvalue weighted by atomic mass is 16.3. The first kappa shape index (κ1) is 29.4. The van der Waals surface area contributed by atoms with Gasteiger partial charge in [-0.15, -0.1) is 0 Å². The van der Waals surface area contributed by atoms with E-state index in [4.69, 9.17) is 5.84 Å². The van der Waals surface area contributed by atoms with Gasteiger partial charge in [-0.05, 0) is 45.9 Å². The molecule has 0 heterocycles. The van der Waals surface area contributed by atoms with Crippen LogP contribution in [0.25, 0.3) is 0 Å². The van der Waals surface area contributed by atoms with Gasteiger partial charge in [-0.2, -0.15) is 0 Å². The third kappa shape index (κ3) is 5.92. The van der Waals surface area contributed by atoms with Gasteiger partial charge in [0.2, 0.25) is 0 Å². The smallest absolute Gasteiger partial charge is 0.275 e. The van der Waals surface area contributed by atoms with Crippen LogP contribution in [0.2, 0.25) is 0 Å². The fourth-order valence-electron chi connectivity index (χ4n) is 4.17. The number of hydrogen-bond donors (Lipinski definition) is 3. The minimum Gasteiger partial charge on any atom is -0.507 e. The van der Waals surface area contributed by atoms with Gasteiger partial charge in [0.1, 0.15) is 11.5 Å². The lowest BCUT2D eigenvalue weighted by atomic mass is 9.78. The zero-order valence-electron chi connectivity index (χ0n) is 24.0. The summed E-state index contributed by atoms with van der Waals surface area (Å²) in [6, 6.07) is 6.44. The lowest BCUT2D eigenvalue weighted by Crippen LogP contribution is -2.43. The molecule has 0 saturated heterocycles. The highest BCUT2D eigenvalue weighted by Crippen LogP contribution is 2.41. The summed E-state index contributed by atoms with van der Waals surface area (Å²) in [7, 11) is 0. The van der Waals surface area contributed by atoms with E-state index in [2.05, 4.69) is 0 Å². The van der Waals surface area contributed by atoms with Crippen LogP contribution in [0.4, 0.5) is 0 Å². The van der Waals surface area contributed by atoms with Crippen LogP contribution < -0.4 is 5.84 Å². The molecule has 0 fully saturated rings. The number of nitrogens with two attached hydrogens (primary N) is 1. The maximum atomic E-state index is 13.5. The quantitative estimate of drug-likeness (QED) is 0.192. The molecule has 0 aliphatic heterocycles. The Balaban J connectivity index is 2.68. The first-order valence-corrected chi connectivity index (χ1v) is 12.4. The van der Waals surface area contributed by atoms with Crippen molar-refractivity contribution in [1.29, 1.82) is 0 Å². The first-order chi connectivity index (χ1) is 16.0. The Morgan fingerprint density at radius 2 is 0.750 bits per heavy atom. The lowest BCUT2D eigenvalue weighted by molar-refractivity contribution is 0.0615. The molecule has 0 saturated carbocycles. The Morgan fingerprint density at radius 1 is 0.556 bits per heavy atom. The first-order valence-electron chi connectivity index (χ1n) is 12.4. The minimum atomic E-state index is -0.668. The summed E-state index contributed by atoms with van der Waals surface area (Å²) in [5, 5.41) is 22.6. The molecule has 0 unspecified atom stereocenters. The van der Waals surface area contributed by atoms with Crippen LogP contribution in [-0.4, -0.2) is 27.0 Å². The predicted molar refractivity (Wildman–Crippen MR) is 146 cm³/mol. The number of imide groups is 1. The summed E-state index contributed by atoms with van der Waals surface area (Å²) in [4.78, 5) is 27.0. The Morgan fingerprint density at radius 3 is 0.917 bits per heavy atom. The zero-order chi connectivity index (χ0) is 28.2. The van der Waals surface area contributed by atoms with Gasteiger partial charge in [0.15, 0.2) is 0 Å². The molecular formula is C30H44N2O4. The lowest BCUT2D eigenvalue weighted by Gasteiger charge is -2.29. The summed E-state index contributed by atoms with van der Waals surface area (Å²) in [6.45, 7) is 23.4. The van der Waals surface area contributed by atoms with Gasteiger partial charge >= 0.3 is 0 Å². The number of amides is 2. The number of hydrogen-bond acceptors (Lipinski definition) is 5. The van der Waals surface area contributed by atoms with Crippen LogP contribution in [0, 0.1) is 0 Å². The number of aromatic hydroxyl groups is 2. The van der Waals surface area contributed by atoms with E-state index in [1.54, 1.807) is 24.3 Å². The van der Waals surface area contributed by atoms with E-state index in [0.717, 1.165) is 0 Å². The molecule has 0 aliphatic carbocycles. The van der Waals surface area contributed by atoms with Crippen molar-refractivity contribution in [2.24, 2.45) is 5.84 Å². The molecule has 0 bridgehead atoms. The number of benzene rings is 2. The molecule has 36 heavy (non-hydrogen) atoms. The van der Waals surface area contributed by atoms with E-state index in [0.29, 0.717) is 27.3 Å². The number of rotatable bonds is 2. The summed E-state index contributed by atoms with van der Waals surface area (Å²) >= 11 is 0. The third-order valence-electron chi connectivity index (χ3n) is 6.38. The molecule has 2 aromatic rings. The molecule has 4 N–H and O–H groups in total. The summed E-state index contributed by atoms with van der Waals surface area (Å²) in [6.07, 6.45) is 0. The highest BCUT2D eigenvalue weighted by Gasteiger charge is 2.32. The second-order valence-corrected chi connectivity index (χ2v) is 13.8. The van der Waals surface area contributed by atoms with Crippen molar-refractivity contribution in [1.82, 2.24) is 5.01 Å². The van der Waals surface area contributed by atoms with Crippen molar-refractivity contribution in [3.63, 3.8) is 0 Å². The average molecular weight is 497 g/mol. The zero-order valence-corrected chi connectivity index (χ0v) is 24.0. The third-order valence-corrected chi connectivity index (χ3v) is 6.38. The molecule has 6 heteroatoms. The fourth-order valence-corrected chi connectivity index (χ4v) is 4.17. The van der Waals surface area contributed by atoms with Gasteiger partial charge in [0, 0.05) is 33.4 Å². The van der Waals surface area contributed by atoms with Crippen molar-refractivity contribution in [3.05, 3.63) is 57.6 Å². The minimum absolute atomic E-state index is 0.143. The topological polar surface area (TPSA) is 104 Å². The van der Waals surface area contributed by atoms with E-state index >= 15 is 0 Å². The molecule has 2 amide bonds.